The summed E-state index contributed by atoms with van der Waals surface area (Å²) in [6.45, 7) is 3.18. The van der Waals surface area contributed by atoms with Crippen molar-refractivity contribution in [2.75, 3.05) is 36.5 Å². The zero-order valence-corrected chi connectivity index (χ0v) is 14.2. The van der Waals surface area contributed by atoms with Gasteiger partial charge in [-0.25, -0.2) is 4.39 Å². The minimum absolute atomic E-state index is 0.0459. The molecule has 1 fully saturated rings. The summed E-state index contributed by atoms with van der Waals surface area (Å²) in [7, 11) is 0. The number of nitrogens with zero attached hydrogens (tertiary/aromatic N) is 1. The monoisotopic (exact) mass is 342 g/mol. The van der Waals surface area contributed by atoms with Crippen LogP contribution in [0.15, 0.2) is 48.5 Å². The van der Waals surface area contributed by atoms with Crippen molar-refractivity contribution in [2.24, 2.45) is 0 Å². The summed E-state index contributed by atoms with van der Waals surface area (Å²) in [4.78, 5) is 14.4. The van der Waals surface area contributed by atoms with Crippen molar-refractivity contribution in [3.05, 3.63) is 59.9 Å². The Balaban J connectivity index is 1.50. The number of halogens is 1. The SMILES string of the molecule is O=C(CCCc1ccccc1F)Nc1cccc(N2CCOCC2)c1. The predicted octanol–water partition coefficient (Wildman–Crippen LogP) is 3.62. The van der Waals surface area contributed by atoms with Crippen LogP contribution in [-0.4, -0.2) is 32.2 Å². The van der Waals surface area contributed by atoms with Crippen molar-refractivity contribution in [3.8, 4) is 0 Å². The second-order valence-corrected chi connectivity index (χ2v) is 6.14. The van der Waals surface area contributed by atoms with E-state index in [2.05, 4.69) is 10.2 Å². The highest BCUT2D eigenvalue weighted by Crippen LogP contribution is 2.21. The molecule has 2 aromatic carbocycles. The van der Waals surface area contributed by atoms with E-state index < -0.39 is 0 Å². The first-order chi connectivity index (χ1) is 12.2. The fraction of sp³-hybridized carbons (Fsp3) is 0.350. The van der Waals surface area contributed by atoms with Gasteiger partial charge in [-0.05, 0) is 42.7 Å². The van der Waals surface area contributed by atoms with Crippen molar-refractivity contribution >= 4 is 17.3 Å². The number of hydrogen-bond acceptors (Lipinski definition) is 3. The molecule has 0 aromatic heterocycles. The van der Waals surface area contributed by atoms with Crippen LogP contribution in [-0.2, 0) is 16.0 Å². The van der Waals surface area contributed by atoms with E-state index in [-0.39, 0.29) is 11.7 Å². The molecule has 0 bridgehead atoms. The number of anilines is 2. The molecule has 5 heteroatoms. The Kier molecular flexibility index (Phi) is 6.01. The van der Waals surface area contributed by atoms with Gasteiger partial charge in [0.05, 0.1) is 13.2 Å². The van der Waals surface area contributed by atoms with Gasteiger partial charge in [-0.3, -0.25) is 4.79 Å². The number of rotatable bonds is 6. The zero-order chi connectivity index (χ0) is 17.5. The van der Waals surface area contributed by atoms with Crippen LogP contribution in [0.25, 0.3) is 0 Å². The lowest BCUT2D eigenvalue weighted by atomic mass is 10.1. The van der Waals surface area contributed by atoms with Crippen LogP contribution in [0.2, 0.25) is 0 Å². The van der Waals surface area contributed by atoms with E-state index in [1.165, 1.54) is 6.07 Å². The average Bonchev–Trinajstić information content (AvgIpc) is 2.64. The van der Waals surface area contributed by atoms with Crippen molar-refractivity contribution < 1.29 is 13.9 Å². The highest BCUT2D eigenvalue weighted by Gasteiger charge is 2.12. The maximum Gasteiger partial charge on any atom is 0.224 e. The van der Waals surface area contributed by atoms with Gasteiger partial charge in [-0.2, -0.15) is 0 Å². The Morgan fingerprint density at radius 3 is 2.72 bits per heavy atom. The van der Waals surface area contributed by atoms with Gasteiger partial charge >= 0.3 is 0 Å². The quantitative estimate of drug-likeness (QED) is 0.872. The standard InChI is InChI=1S/C20H23FN2O2/c21-19-9-2-1-5-16(19)6-3-10-20(24)22-17-7-4-8-18(15-17)23-11-13-25-14-12-23/h1-2,4-5,7-9,15H,3,6,10-14H2,(H,22,24). The molecular formula is C20H23FN2O2. The lowest BCUT2D eigenvalue weighted by molar-refractivity contribution is -0.116. The summed E-state index contributed by atoms with van der Waals surface area (Å²) in [5.74, 6) is -0.253. The summed E-state index contributed by atoms with van der Waals surface area (Å²) < 4.78 is 18.9. The van der Waals surface area contributed by atoms with E-state index in [0.29, 0.717) is 24.8 Å². The Bertz CT molecular complexity index is 714. The minimum atomic E-state index is -0.207. The summed E-state index contributed by atoms with van der Waals surface area (Å²) in [6.07, 6.45) is 1.56. The number of ether oxygens (including phenoxy) is 1. The Morgan fingerprint density at radius 1 is 1.12 bits per heavy atom. The molecule has 1 N–H and O–H groups in total. The van der Waals surface area contributed by atoms with Gasteiger partial charge < -0.3 is 15.0 Å². The van der Waals surface area contributed by atoms with Crippen LogP contribution in [0.5, 0.6) is 0 Å². The molecule has 1 aliphatic rings. The summed E-state index contributed by atoms with van der Waals surface area (Å²) >= 11 is 0. The maximum atomic E-state index is 13.6. The maximum absolute atomic E-state index is 13.6. The first-order valence-electron chi connectivity index (χ1n) is 8.68. The largest absolute Gasteiger partial charge is 0.378 e. The van der Waals surface area contributed by atoms with Gasteiger partial charge in [0, 0.05) is 30.9 Å². The normalized spacial score (nSPS) is 14.4. The molecule has 0 unspecified atom stereocenters. The molecule has 1 amide bonds. The number of hydrogen-bond donors (Lipinski definition) is 1. The van der Waals surface area contributed by atoms with E-state index >= 15 is 0 Å². The van der Waals surface area contributed by atoms with E-state index in [1.54, 1.807) is 12.1 Å². The molecule has 1 heterocycles. The van der Waals surface area contributed by atoms with Gasteiger partial charge in [-0.1, -0.05) is 24.3 Å². The van der Waals surface area contributed by atoms with E-state index in [9.17, 15) is 9.18 Å². The average molecular weight is 342 g/mol. The highest BCUT2D eigenvalue weighted by molar-refractivity contribution is 5.91. The number of carbonyl (C=O) groups is 1. The van der Waals surface area contributed by atoms with Crippen molar-refractivity contribution in [1.82, 2.24) is 0 Å². The molecule has 132 valence electrons. The highest BCUT2D eigenvalue weighted by atomic mass is 19.1. The minimum Gasteiger partial charge on any atom is -0.378 e. The van der Waals surface area contributed by atoms with Gasteiger partial charge in [0.25, 0.3) is 0 Å². The number of carbonyl (C=O) groups excluding carboxylic acids is 1. The summed E-state index contributed by atoms with van der Waals surface area (Å²) in [6, 6.07) is 14.6. The van der Waals surface area contributed by atoms with Crippen LogP contribution < -0.4 is 10.2 Å². The molecule has 3 rings (SSSR count). The second-order valence-electron chi connectivity index (χ2n) is 6.14. The zero-order valence-electron chi connectivity index (χ0n) is 14.2. The lowest BCUT2D eigenvalue weighted by Gasteiger charge is -2.29. The lowest BCUT2D eigenvalue weighted by Crippen LogP contribution is -2.36. The smallest absolute Gasteiger partial charge is 0.224 e. The Morgan fingerprint density at radius 2 is 1.92 bits per heavy atom. The first-order valence-corrected chi connectivity index (χ1v) is 8.68. The fourth-order valence-corrected chi connectivity index (χ4v) is 2.97. The van der Waals surface area contributed by atoms with E-state index in [0.717, 1.165) is 37.7 Å². The predicted molar refractivity (Wildman–Crippen MR) is 97.4 cm³/mol. The number of benzene rings is 2. The van der Waals surface area contributed by atoms with Crippen LogP contribution in [0, 0.1) is 5.82 Å². The molecule has 1 aliphatic heterocycles. The third-order valence-corrected chi connectivity index (χ3v) is 4.31. The van der Waals surface area contributed by atoms with Crippen LogP contribution in [0.3, 0.4) is 0 Å². The molecule has 25 heavy (non-hydrogen) atoms. The molecule has 1 saturated heterocycles. The Labute approximate surface area is 147 Å². The van der Waals surface area contributed by atoms with Crippen molar-refractivity contribution in [3.63, 3.8) is 0 Å². The number of nitrogens with one attached hydrogen (secondary N) is 1. The van der Waals surface area contributed by atoms with Gasteiger partial charge in [-0.15, -0.1) is 0 Å². The van der Waals surface area contributed by atoms with Crippen molar-refractivity contribution in [2.45, 2.75) is 19.3 Å². The molecular weight excluding hydrogens is 319 g/mol. The molecule has 4 nitrogen and oxygen atoms in total. The molecule has 0 radical (unpaired) electrons. The summed E-state index contributed by atoms with van der Waals surface area (Å²) in [5, 5.41) is 2.93. The fourth-order valence-electron chi connectivity index (χ4n) is 2.97. The van der Waals surface area contributed by atoms with Crippen LogP contribution in [0.4, 0.5) is 15.8 Å². The second kappa shape index (κ2) is 8.62. The molecule has 0 atom stereocenters. The molecule has 0 aliphatic carbocycles. The van der Waals surface area contributed by atoms with Gasteiger partial charge in [0.1, 0.15) is 5.82 Å². The third kappa shape index (κ3) is 5.03. The molecule has 2 aromatic rings. The number of aryl methyl sites for hydroxylation is 1. The third-order valence-electron chi connectivity index (χ3n) is 4.31. The summed E-state index contributed by atoms with van der Waals surface area (Å²) in [5.41, 5.74) is 2.54. The first kappa shape index (κ1) is 17.4. The van der Waals surface area contributed by atoms with Crippen LogP contribution >= 0.6 is 0 Å². The van der Waals surface area contributed by atoms with Gasteiger partial charge in [0.2, 0.25) is 5.91 Å². The van der Waals surface area contributed by atoms with E-state index in [1.807, 2.05) is 30.3 Å². The Hall–Kier alpha value is -2.40. The molecule has 0 saturated carbocycles. The van der Waals surface area contributed by atoms with Gasteiger partial charge in [0.15, 0.2) is 0 Å². The topological polar surface area (TPSA) is 41.6 Å². The van der Waals surface area contributed by atoms with Crippen molar-refractivity contribution in [1.29, 1.82) is 0 Å². The number of morpholine rings is 1. The van der Waals surface area contributed by atoms with E-state index in [4.69, 9.17) is 4.74 Å². The number of amides is 1. The van der Waals surface area contributed by atoms with Crippen LogP contribution in [0.1, 0.15) is 18.4 Å². The molecule has 0 spiro atoms.